The largest absolute Gasteiger partial charge is 0 e. The third kappa shape index (κ3) is 8.90. The molecule has 0 bridgehead atoms. The van der Waals surface area contributed by atoms with Crippen molar-refractivity contribution in [3.8, 4) is 0 Å². The molecule has 0 saturated heterocycles. The topological polar surface area (TPSA) is 0 Å². The van der Waals surface area contributed by atoms with Crippen molar-refractivity contribution in [2.45, 2.75) is 0 Å². The van der Waals surface area contributed by atoms with Gasteiger partial charge in [0.1, 0.15) is 0 Å². The number of rotatable bonds is 0. The minimum absolute atomic E-state index is 0. The average Bonchev–Trinajstić information content (AvgIpc) is 0. The smallest absolute Gasteiger partial charge is 0 e. The van der Waals surface area contributed by atoms with Gasteiger partial charge in [0.05, 0.1) is 0 Å². The molecular weight excluding hydrogens is 272 g/mol. The van der Waals surface area contributed by atoms with Crippen LogP contribution in [0.1, 0.15) is 0 Å². The van der Waals surface area contributed by atoms with Crippen molar-refractivity contribution in [3.63, 3.8) is 0 Å². The van der Waals surface area contributed by atoms with Crippen molar-refractivity contribution in [1.82, 2.24) is 0 Å². The minimum atomic E-state index is 0. The van der Waals surface area contributed by atoms with Crippen LogP contribution >= 0.6 is 0 Å². The first-order valence-corrected chi connectivity index (χ1v) is 0. The monoisotopic (exact) mass is 272 g/mol. The van der Waals surface area contributed by atoms with E-state index in [-0.39, 0.29) is 70.5 Å². The van der Waals surface area contributed by atoms with Crippen LogP contribution in [0.25, 0.3) is 0 Å². The molecular formula is MoNi3. The molecule has 0 aliphatic rings. The summed E-state index contributed by atoms with van der Waals surface area (Å²) in [6.07, 6.45) is 0. The maximum atomic E-state index is 0. The second kappa shape index (κ2) is 19.1. The SMILES string of the molecule is [Mo].[Ni].[Ni].[Ni]. The van der Waals surface area contributed by atoms with Crippen molar-refractivity contribution in [1.29, 1.82) is 0 Å². The molecule has 0 unspecified atom stereocenters. The molecule has 36 valence electrons. The predicted molar refractivity (Wildman–Crippen MR) is 0 cm³/mol. The summed E-state index contributed by atoms with van der Waals surface area (Å²) in [5.74, 6) is 0. The molecule has 0 saturated carbocycles. The van der Waals surface area contributed by atoms with Gasteiger partial charge in [-0.25, -0.2) is 0 Å². The van der Waals surface area contributed by atoms with E-state index in [4.69, 9.17) is 0 Å². The van der Waals surface area contributed by atoms with E-state index in [1.165, 1.54) is 0 Å². The van der Waals surface area contributed by atoms with Crippen molar-refractivity contribution in [2.24, 2.45) is 0 Å². The summed E-state index contributed by atoms with van der Waals surface area (Å²) in [5, 5.41) is 0. The maximum Gasteiger partial charge on any atom is 0 e. The van der Waals surface area contributed by atoms with Crippen molar-refractivity contribution >= 4 is 0 Å². The summed E-state index contributed by atoms with van der Waals surface area (Å²) < 4.78 is 0. The van der Waals surface area contributed by atoms with Crippen LogP contribution < -0.4 is 0 Å². The Labute approximate surface area is 69.9 Å². The molecule has 0 N–H and O–H groups in total. The molecule has 0 aromatic carbocycles. The Balaban J connectivity index is 0. The molecule has 0 radical (unpaired) electrons. The molecule has 4 heavy (non-hydrogen) atoms. The van der Waals surface area contributed by atoms with Gasteiger partial charge in [-0.05, 0) is 0 Å². The van der Waals surface area contributed by atoms with Crippen LogP contribution in [0.3, 0.4) is 0 Å². The van der Waals surface area contributed by atoms with Crippen LogP contribution in [0.5, 0.6) is 0 Å². The third-order valence-electron chi connectivity index (χ3n) is 0. The normalized spacial score (nSPS) is 0. The minimum Gasteiger partial charge on any atom is 0 e. The van der Waals surface area contributed by atoms with Gasteiger partial charge in [-0.1, -0.05) is 0 Å². The van der Waals surface area contributed by atoms with E-state index in [0.29, 0.717) is 0 Å². The van der Waals surface area contributed by atoms with Gasteiger partial charge in [0, 0.05) is 70.5 Å². The van der Waals surface area contributed by atoms with Gasteiger partial charge in [-0.3, -0.25) is 0 Å². The molecule has 0 spiro atoms. The van der Waals surface area contributed by atoms with E-state index in [9.17, 15) is 0 Å². The van der Waals surface area contributed by atoms with E-state index < -0.39 is 0 Å². The Morgan fingerprint density at radius 2 is 0.500 bits per heavy atom. The van der Waals surface area contributed by atoms with Crippen LogP contribution in [0.4, 0.5) is 0 Å². The van der Waals surface area contributed by atoms with Gasteiger partial charge in [-0.2, -0.15) is 0 Å². The second-order valence-corrected chi connectivity index (χ2v) is 0. The van der Waals surface area contributed by atoms with E-state index in [0.717, 1.165) is 0 Å². The van der Waals surface area contributed by atoms with E-state index in [2.05, 4.69) is 0 Å². The summed E-state index contributed by atoms with van der Waals surface area (Å²) in [5.41, 5.74) is 0. The van der Waals surface area contributed by atoms with Gasteiger partial charge < -0.3 is 0 Å². The van der Waals surface area contributed by atoms with E-state index >= 15 is 0 Å². The molecule has 0 amide bonds. The summed E-state index contributed by atoms with van der Waals surface area (Å²) in [7, 11) is 0. The first-order chi connectivity index (χ1) is 0. The first-order valence-electron chi connectivity index (χ1n) is 0. The molecule has 0 fully saturated rings. The number of hydrogen-bond acceptors (Lipinski definition) is 0. The van der Waals surface area contributed by atoms with Crippen LogP contribution in [-0.4, -0.2) is 0 Å². The van der Waals surface area contributed by atoms with Gasteiger partial charge >= 0.3 is 0 Å². The van der Waals surface area contributed by atoms with Gasteiger partial charge in [0.15, 0.2) is 0 Å². The molecule has 0 aromatic heterocycles. The third-order valence-corrected chi connectivity index (χ3v) is 0. The molecule has 0 rings (SSSR count). The Bertz CT molecular complexity index is 3.25. The predicted octanol–water partition coefficient (Wildman–Crippen LogP) is -0.0100. The molecule has 0 aromatic rings. The average molecular weight is 272 g/mol. The quantitative estimate of drug-likeness (QED) is 0.544. The molecule has 0 atom stereocenters. The molecule has 0 aliphatic carbocycles. The molecule has 0 aliphatic heterocycles. The molecule has 0 heterocycles. The van der Waals surface area contributed by atoms with Gasteiger partial charge in [-0.15, -0.1) is 0 Å². The number of hydrogen-bond donors (Lipinski definition) is 0. The maximum absolute atomic E-state index is 0. The van der Waals surface area contributed by atoms with Crippen LogP contribution in [0.15, 0.2) is 0 Å². The Kier molecular flexibility index (Phi) is 167. The summed E-state index contributed by atoms with van der Waals surface area (Å²) in [4.78, 5) is 0. The van der Waals surface area contributed by atoms with Crippen LogP contribution in [-0.2, 0) is 70.5 Å². The standard InChI is InChI=1S/Mo.3Ni. The fourth-order valence-corrected chi connectivity index (χ4v) is 0. The summed E-state index contributed by atoms with van der Waals surface area (Å²) in [6, 6.07) is 0. The first kappa shape index (κ1) is 35.0. The summed E-state index contributed by atoms with van der Waals surface area (Å²) in [6.45, 7) is 0. The van der Waals surface area contributed by atoms with Crippen molar-refractivity contribution in [2.75, 3.05) is 0 Å². The Morgan fingerprint density at radius 1 is 0.500 bits per heavy atom. The van der Waals surface area contributed by atoms with Crippen molar-refractivity contribution in [3.05, 3.63) is 0 Å². The zero-order chi connectivity index (χ0) is 0. The molecule has 0 nitrogen and oxygen atoms in total. The zero-order valence-corrected chi connectivity index (χ0v) is 6.33. The summed E-state index contributed by atoms with van der Waals surface area (Å²) >= 11 is 0. The zero-order valence-electron chi connectivity index (χ0n) is 1.36. The van der Waals surface area contributed by atoms with Crippen LogP contribution in [0.2, 0.25) is 0 Å². The van der Waals surface area contributed by atoms with Gasteiger partial charge in [0.2, 0.25) is 0 Å². The van der Waals surface area contributed by atoms with E-state index in [1.807, 2.05) is 0 Å². The fourth-order valence-electron chi connectivity index (χ4n) is 0. The molecule has 4 heteroatoms. The second-order valence-electron chi connectivity index (χ2n) is 0. The van der Waals surface area contributed by atoms with Gasteiger partial charge in [0.25, 0.3) is 0 Å². The Hall–Kier alpha value is 2.17. The van der Waals surface area contributed by atoms with E-state index in [1.54, 1.807) is 0 Å². The fraction of sp³-hybridized carbons (Fsp3) is 0. The van der Waals surface area contributed by atoms with Crippen LogP contribution in [0, 0.1) is 0 Å². The Morgan fingerprint density at radius 3 is 0.500 bits per heavy atom. The van der Waals surface area contributed by atoms with Crippen molar-refractivity contribution < 1.29 is 70.5 Å².